The highest BCUT2D eigenvalue weighted by Crippen LogP contribution is 2.17. The van der Waals surface area contributed by atoms with Gasteiger partial charge in [0.25, 0.3) is 5.56 Å². The third-order valence-electron chi connectivity index (χ3n) is 3.80. The van der Waals surface area contributed by atoms with Crippen molar-refractivity contribution in [3.8, 4) is 11.8 Å². The Bertz CT molecular complexity index is 880. The van der Waals surface area contributed by atoms with E-state index in [1.807, 2.05) is 19.9 Å². The minimum absolute atomic E-state index is 0.0696. The summed E-state index contributed by atoms with van der Waals surface area (Å²) < 4.78 is 1.08. The van der Waals surface area contributed by atoms with Gasteiger partial charge < -0.3 is 4.90 Å². The largest absolute Gasteiger partial charge is 0.325 e. The summed E-state index contributed by atoms with van der Waals surface area (Å²) in [7, 11) is 0. The van der Waals surface area contributed by atoms with Crippen molar-refractivity contribution in [2.45, 2.75) is 20.8 Å². The quantitative estimate of drug-likeness (QED) is 0.908. The Morgan fingerprint density at radius 3 is 2.44 bits per heavy atom. The van der Waals surface area contributed by atoms with Crippen LogP contribution in [0.5, 0.6) is 0 Å². The molecule has 0 radical (unpaired) electrons. The first-order valence-electron chi connectivity index (χ1n) is 7.78. The molecular weight excluding hydrogens is 342 g/mol. The van der Waals surface area contributed by atoms with Crippen LogP contribution in [0.25, 0.3) is 5.69 Å². The Balaban J connectivity index is 2.56. The van der Waals surface area contributed by atoms with Gasteiger partial charge in [-0.3, -0.25) is 10.1 Å². The summed E-state index contributed by atoms with van der Waals surface area (Å²) in [5.74, 6) is 0.169. The van der Waals surface area contributed by atoms with Gasteiger partial charge in [-0.1, -0.05) is 11.6 Å². The molecule has 0 saturated heterocycles. The molecule has 0 aliphatic rings. The maximum absolute atomic E-state index is 12.5. The number of aromatic nitrogens is 2. The zero-order valence-corrected chi connectivity index (χ0v) is 15.0. The smallest absolute Gasteiger partial charge is 0.323 e. The number of urea groups is 1. The van der Waals surface area contributed by atoms with Crippen LogP contribution in [0.1, 0.15) is 25.0 Å². The predicted octanol–water partition coefficient (Wildman–Crippen LogP) is 2.94. The van der Waals surface area contributed by atoms with Crippen molar-refractivity contribution in [2.24, 2.45) is 0 Å². The van der Waals surface area contributed by atoms with Gasteiger partial charge in [0, 0.05) is 23.7 Å². The summed E-state index contributed by atoms with van der Waals surface area (Å²) >= 11 is 5.87. The fraction of sp³-hybridized carbons (Fsp3) is 0.294. The average molecular weight is 360 g/mol. The van der Waals surface area contributed by atoms with E-state index < -0.39 is 5.56 Å². The second kappa shape index (κ2) is 7.81. The third-order valence-corrected chi connectivity index (χ3v) is 4.05. The van der Waals surface area contributed by atoms with E-state index in [2.05, 4.69) is 10.4 Å². The molecule has 0 bridgehead atoms. The SMILES string of the molecule is CCN(CC)C(=O)Nc1nn(-c2ccc(Cl)cc2)c(=O)c(C#N)c1C. The number of anilines is 1. The number of carbonyl (C=O) groups is 1. The molecule has 2 amide bonds. The van der Waals surface area contributed by atoms with Crippen molar-refractivity contribution in [1.29, 1.82) is 5.26 Å². The number of amides is 2. The number of hydrogen-bond acceptors (Lipinski definition) is 4. The number of nitriles is 1. The summed E-state index contributed by atoms with van der Waals surface area (Å²) in [6, 6.07) is 8.01. The molecule has 8 heteroatoms. The molecule has 25 heavy (non-hydrogen) atoms. The van der Waals surface area contributed by atoms with Crippen LogP contribution in [0.3, 0.4) is 0 Å². The summed E-state index contributed by atoms with van der Waals surface area (Å²) in [5, 5.41) is 16.8. The van der Waals surface area contributed by atoms with Crippen molar-refractivity contribution in [3.63, 3.8) is 0 Å². The molecule has 0 unspecified atom stereocenters. The fourth-order valence-corrected chi connectivity index (χ4v) is 2.43. The first-order chi connectivity index (χ1) is 11.9. The van der Waals surface area contributed by atoms with Crippen LogP contribution >= 0.6 is 11.6 Å². The van der Waals surface area contributed by atoms with Crippen LogP contribution < -0.4 is 10.9 Å². The first kappa shape index (κ1) is 18.5. The molecule has 7 nitrogen and oxygen atoms in total. The van der Waals surface area contributed by atoms with Gasteiger partial charge in [0.15, 0.2) is 5.82 Å². The Kier molecular flexibility index (Phi) is 5.78. The lowest BCUT2D eigenvalue weighted by atomic mass is 10.2. The zero-order chi connectivity index (χ0) is 18.6. The molecule has 0 saturated carbocycles. The minimum atomic E-state index is -0.553. The summed E-state index contributed by atoms with van der Waals surface area (Å²) in [6.07, 6.45) is 0. The molecule has 0 spiro atoms. The van der Waals surface area contributed by atoms with E-state index in [-0.39, 0.29) is 17.4 Å². The van der Waals surface area contributed by atoms with Crippen molar-refractivity contribution >= 4 is 23.4 Å². The third kappa shape index (κ3) is 3.80. The highest BCUT2D eigenvalue weighted by Gasteiger charge is 2.18. The number of nitrogens with zero attached hydrogens (tertiary/aromatic N) is 4. The van der Waals surface area contributed by atoms with E-state index in [1.165, 1.54) is 0 Å². The first-order valence-corrected chi connectivity index (χ1v) is 8.16. The normalized spacial score (nSPS) is 10.2. The van der Waals surface area contributed by atoms with Crippen LogP contribution in [0.4, 0.5) is 10.6 Å². The Labute approximate surface area is 150 Å². The van der Waals surface area contributed by atoms with Gasteiger partial charge in [0.1, 0.15) is 11.6 Å². The van der Waals surface area contributed by atoms with Crippen molar-refractivity contribution < 1.29 is 4.79 Å². The maximum atomic E-state index is 12.5. The molecular formula is C17H18ClN5O2. The lowest BCUT2D eigenvalue weighted by Crippen LogP contribution is -2.36. The Hall–Kier alpha value is -2.85. The van der Waals surface area contributed by atoms with E-state index in [0.717, 1.165) is 4.68 Å². The highest BCUT2D eigenvalue weighted by molar-refractivity contribution is 6.30. The van der Waals surface area contributed by atoms with Crippen LogP contribution in [0, 0.1) is 18.3 Å². The number of nitrogens with one attached hydrogen (secondary N) is 1. The van der Waals surface area contributed by atoms with Gasteiger partial charge >= 0.3 is 6.03 Å². The van der Waals surface area contributed by atoms with E-state index in [4.69, 9.17) is 11.6 Å². The van der Waals surface area contributed by atoms with Crippen LogP contribution in [0.15, 0.2) is 29.1 Å². The molecule has 2 rings (SSSR count). The molecule has 1 aromatic carbocycles. The Morgan fingerprint density at radius 2 is 1.92 bits per heavy atom. The topological polar surface area (TPSA) is 91.0 Å². The van der Waals surface area contributed by atoms with Crippen molar-refractivity contribution in [2.75, 3.05) is 18.4 Å². The molecule has 0 aliphatic carbocycles. The van der Waals surface area contributed by atoms with E-state index in [9.17, 15) is 14.9 Å². The molecule has 0 fully saturated rings. The monoisotopic (exact) mass is 359 g/mol. The number of rotatable bonds is 4. The standard InChI is InChI=1S/C17H18ClN5O2/c1-4-22(5-2)17(25)20-15-11(3)14(10-19)16(24)23(21-15)13-8-6-12(18)7-9-13/h6-9H,4-5H2,1-3H3,(H,20,21,25). The maximum Gasteiger partial charge on any atom is 0.323 e. The lowest BCUT2D eigenvalue weighted by Gasteiger charge is -2.20. The molecule has 0 aliphatic heterocycles. The van der Waals surface area contributed by atoms with Crippen molar-refractivity contribution in [1.82, 2.24) is 14.7 Å². The molecule has 1 N–H and O–H groups in total. The van der Waals surface area contributed by atoms with E-state index in [0.29, 0.717) is 29.4 Å². The lowest BCUT2D eigenvalue weighted by molar-refractivity contribution is 0.217. The van der Waals surface area contributed by atoms with Crippen molar-refractivity contribution in [3.05, 3.63) is 50.8 Å². The Morgan fingerprint density at radius 1 is 1.32 bits per heavy atom. The molecule has 0 atom stereocenters. The van der Waals surface area contributed by atoms with E-state index in [1.54, 1.807) is 36.1 Å². The predicted molar refractivity (Wildman–Crippen MR) is 96.2 cm³/mol. The zero-order valence-electron chi connectivity index (χ0n) is 14.2. The van der Waals surface area contributed by atoms with Gasteiger partial charge in [-0.2, -0.15) is 9.94 Å². The number of halogens is 1. The minimum Gasteiger partial charge on any atom is -0.325 e. The van der Waals surface area contributed by atoms with E-state index >= 15 is 0 Å². The number of carbonyl (C=O) groups excluding carboxylic acids is 1. The second-order valence-electron chi connectivity index (χ2n) is 5.26. The van der Waals surface area contributed by atoms with Crippen LogP contribution in [0.2, 0.25) is 5.02 Å². The fourth-order valence-electron chi connectivity index (χ4n) is 2.30. The highest BCUT2D eigenvalue weighted by atomic mass is 35.5. The van der Waals surface area contributed by atoms with Gasteiger partial charge in [0.2, 0.25) is 0 Å². The van der Waals surface area contributed by atoms with Crippen LogP contribution in [-0.2, 0) is 0 Å². The molecule has 1 aromatic heterocycles. The van der Waals surface area contributed by atoms with Gasteiger partial charge in [0.05, 0.1) is 5.69 Å². The molecule has 2 aromatic rings. The van der Waals surface area contributed by atoms with Gasteiger partial charge in [-0.15, -0.1) is 5.10 Å². The van der Waals surface area contributed by atoms with Gasteiger partial charge in [-0.05, 0) is 45.0 Å². The second-order valence-corrected chi connectivity index (χ2v) is 5.69. The number of benzene rings is 1. The summed E-state index contributed by atoms with van der Waals surface area (Å²) in [5.41, 5.74) is 0.158. The summed E-state index contributed by atoms with van der Waals surface area (Å²) in [4.78, 5) is 26.4. The molecule has 1 heterocycles. The molecule has 130 valence electrons. The van der Waals surface area contributed by atoms with Gasteiger partial charge in [-0.25, -0.2) is 4.79 Å². The number of hydrogen-bond donors (Lipinski definition) is 1. The van der Waals surface area contributed by atoms with Crippen LogP contribution in [-0.4, -0.2) is 33.8 Å². The average Bonchev–Trinajstić information content (AvgIpc) is 2.60. The summed E-state index contributed by atoms with van der Waals surface area (Å²) in [6.45, 7) is 6.36.